The summed E-state index contributed by atoms with van der Waals surface area (Å²) in [7, 11) is 0. The molecule has 8 heteroatoms. The van der Waals surface area contributed by atoms with E-state index in [0.29, 0.717) is 27.1 Å². The van der Waals surface area contributed by atoms with Crippen LogP contribution < -0.4 is 5.32 Å². The van der Waals surface area contributed by atoms with E-state index in [4.69, 9.17) is 44.3 Å². The SMILES string of the molecule is O=C(Nc1ccc(C(=O)O)c(Cl)c1)c1ccc(-c2cccc(Cl)c2Cl)o1. The number of carbonyl (C=O) groups is 2. The minimum Gasteiger partial charge on any atom is -0.478 e. The Balaban J connectivity index is 1.81. The molecule has 1 heterocycles. The normalized spacial score (nSPS) is 10.6. The first kappa shape index (κ1) is 18.3. The number of nitrogens with one attached hydrogen (secondary N) is 1. The fourth-order valence-electron chi connectivity index (χ4n) is 2.26. The fourth-order valence-corrected chi connectivity index (χ4v) is 2.91. The third-order valence-electron chi connectivity index (χ3n) is 3.50. The number of hydrogen-bond acceptors (Lipinski definition) is 3. The summed E-state index contributed by atoms with van der Waals surface area (Å²) in [4.78, 5) is 23.3. The van der Waals surface area contributed by atoms with E-state index in [1.807, 2.05) is 0 Å². The third kappa shape index (κ3) is 3.70. The Morgan fingerprint density at radius 2 is 1.73 bits per heavy atom. The first-order valence-corrected chi connectivity index (χ1v) is 8.38. The second-order valence-corrected chi connectivity index (χ2v) is 6.41. The standard InChI is InChI=1S/C18H10Cl3NO4/c19-12-3-1-2-11(16(12)21)14-6-7-15(26-14)17(23)22-9-4-5-10(18(24)25)13(20)8-9/h1-8H,(H,22,23)(H,24,25). The number of carbonyl (C=O) groups excluding carboxylic acids is 1. The van der Waals surface area contributed by atoms with Crippen LogP contribution in [-0.4, -0.2) is 17.0 Å². The highest BCUT2D eigenvalue weighted by atomic mass is 35.5. The summed E-state index contributed by atoms with van der Waals surface area (Å²) in [6, 6.07) is 12.3. The van der Waals surface area contributed by atoms with Gasteiger partial charge in [0.2, 0.25) is 0 Å². The van der Waals surface area contributed by atoms with Crippen molar-refractivity contribution < 1.29 is 19.1 Å². The number of benzene rings is 2. The summed E-state index contributed by atoms with van der Waals surface area (Å²) in [6.07, 6.45) is 0. The number of anilines is 1. The molecule has 3 rings (SSSR count). The number of carboxylic acid groups (broad SMARTS) is 1. The Hall–Kier alpha value is -2.47. The van der Waals surface area contributed by atoms with Gasteiger partial charge in [0.15, 0.2) is 5.76 Å². The summed E-state index contributed by atoms with van der Waals surface area (Å²) < 4.78 is 5.55. The number of hydrogen-bond donors (Lipinski definition) is 2. The highest BCUT2D eigenvalue weighted by Gasteiger charge is 2.16. The molecule has 132 valence electrons. The van der Waals surface area contributed by atoms with Crippen molar-refractivity contribution in [3.8, 4) is 11.3 Å². The summed E-state index contributed by atoms with van der Waals surface area (Å²) in [5.74, 6) is -1.23. The molecular formula is C18H10Cl3NO4. The molecule has 0 unspecified atom stereocenters. The zero-order valence-electron chi connectivity index (χ0n) is 12.9. The van der Waals surface area contributed by atoms with E-state index in [9.17, 15) is 9.59 Å². The molecular weight excluding hydrogens is 401 g/mol. The molecule has 0 fully saturated rings. The summed E-state index contributed by atoms with van der Waals surface area (Å²) >= 11 is 18.0. The molecule has 0 aliphatic heterocycles. The summed E-state index contributed by atoms with van der Waals surface area (Å²) in [6.45, 7) is 0. The minimum atomic E-state index is -1.15. The number of halogens is 3. The zero-order valence-corrected chi connectivity index (χ0v) is 15.2. The number of rotatable bonds is 4. The van der Waals surface area contributed by atoms with E-state index in [2.05, 4.69) is 5.32 Å². The van der Waals surface area contributed by atoms with Crippen molar-refractivity contribution in [3.05, 3.63) is 74.9 Å². The van der Waals surface area contributed by atoms with Gasteiger partial charge in [-0.2, -0.15) is 0 Å². The predicted molar refractivity (Wildman–Crippen MR) is 101 cm³/mol. The molecule has 0 saturated carbocycles. The topological polar surface area (TPSA) is 79.5 Å². The predicted octanol–water partition coefficient (Wildman–Crippen LogP) is 5.86. The number of furan rings is 1. The van der Waals surface area contributed by atoms with Crippen LogP contribution in [-0.2, 0) is 0 Å². The van der Waals surface area contributed by atoms with E-state index in [1.165, 1.54) is 24.3 Å². The van der Waals surface area contributed by atoms with Crippen molar-refractivity contribution in [1.82, 2.24) is 0 Å². The summed E-state index contributed by atoms with van der Waals surface area (Å²) in [5.41, 5.74) is 0.844. The van der Waals surface area contributed by atoms with Gasteiger partial charge in [-0.05, 0) is 42.5 Å². The lowest BCUT2D eigenvalue weighted by Gasteiger charge is -2.06. The molecule has 0 spiro atoms. The molecule has 5 nitrogen and oxygen atoms in total. The number of aromatic carboxylic acids is 1. The fraction of sp³-hybridized carbons (Fsp3) is 0. The molecule has 1 aromatic heterocycles. The highest BCUT2D eigenvalue weighted by molar-refractivity contribution is 6.43. The Bertz CT molecular complexity index is 1010. The Labute approximate surface area is 163 Å². The average molecular weight is 411 g/mol. The maximum absolute atomic E-state index is 12.3. The van der Waals surface area contributed by atoms with Crippen molar-refractivity contribution >= 4 is 52.4 Å². The van der Waals surface area contributed by atoms with Crippen LogP contribution in [0, 0.1) is 0 Å². The third-order valence-corrected chi connectivity index (χ3v) is 4.64. The van der Waals surface area contributed by atoms with Crippen LogP contribution in [0.25, 0.3) is 11.3 Å². The monoisotopic (exact) mass is 409 g/mol. The molecule has 0 radical (unpaired) electrons. The van der Waals surface area contributed by atoms with Crippen molar-refractivity contribution in [3.63, 3.8) is 0 Å². The van der Waals surface area contributed by atoms with Gasteiger partial charge in [0.25, 0.3) is 5.91 Å². The smallest absolute Gasteiger partial charge is 0.337 e. The minimum absolute atomic E-state index is 0.0149. The largest absolute Gasteiger partial charge is 0.478 e. The Morgan fingerprint density at radius 3 is 2.42 bits per heavy atom. The van der Waals surface area contributed by atoms with Gasteiger partial charge < -0.3 is 14.8 Å². The van der Waals surface area contributed by atoms with Gasteiger partial charge in [0, 0.05) is 11.3 Å². The van der Waals surface area contributed by atoms with Crippen LogP contribution in [0.4, 0.5) is 5.69 Å². The molecule has 0 aliphatic rings. The zero-order chi connectivity index (χ0) is 18.8. The van der Waals surface area contributed by atoms with Gasteiger partial charge >= 0.3 is 5.97 Å². The molecule has 3 aromatic rings. The molecule has 26 heavy (non-hydrogen) atoms. The van der Waals surface area contributed by atoms with E-state index in [-0.39, 0.29) is 16.3 Å². The van der Waals surface area contributed by atoms with Gasteiger partial charge in [-0.1, -0.05) is 40.9 Å². The van der Waals surface area contributed by atoms with Gasteiger partial charge in [-0.15, -0.1) is 0 Å². The van der Waals surface area contributed by atoms with E-state index in [0.717, 1.165) is 0 Å². The van der Waals surface area contributed by atoms with Crippen LogP contribution in [0.2, 0.25) is 15.1 Å². The van der Waals surface area contributed by atoms with Crippen LogP contribution in [0.5, 0.6) is 0 Å². The lowest BCUT2D eigenvalue weighted by molar-refractivity contribution is 0.0697. The van der Waals surface area contributed by atoms with E-state index < -0.39 is 11.9 Å². The summed E-state index contributed by atoms with van der Waals surface area (Å²) in [5, 5.41) is 12.3. The Kier molecular flexibility index (Phi) is 5.23. The first-order chi connectivity index (χ1) is 12.4. The molecule has 0 saturated heterocycles. The maximum Gasteiger partial charge on any atom is 0.337 e. The van der Waals surface area contributed by atoms with Crippen LogP contribution in [0.1, 0.15) is 20.9 Å². The van der Waals surface area contributed by atoms with Gasteiger partial charge in [-0.25, -0.2) is 4.79 Å². The van der Waals surface area contributed by atoms with E-state index in [1.54, 1.807) is 24.3 Å². The number of carboxylic acids is 1. The highest BCUT2D eigenvalue weighted by Crippen LogP contribution is 2.34. The van der Waals surface area contributed by atoms with Crippen molar-refractivity contribution in [2.24, 2.45) is 0 Å². The van der Waals surface area contributed by atoms with Crippen molar-refractivity contribution in [2.45, 2.75) is 0 Å². The molecule has 2 N–H and O–H groups in total. The second-order valence-electron chi connectivity index (χ2n) is 5.22. The Morgan fingerprint density at radius 1 is 0.962 bits per heavy atom. The molecule has 0 bridgehead atoms. The van der Waals surface area contributed by atoms with Crippen LogP contribution in [0.15, 0.2) is 52.9 Å². The van der Waals surface area contributed by atoms with Gasteiger partial charge in [0.1, 0.15) is 5.76 Å². The van der Waals surface area contributed by atoms with E-state index >= 15 is 0 Å². The molecule has 0 aliphatic carbocycles. The van der Waals surface area contributed by atoms with Crippen molar-refractivity contribution in [1.29, 1.82) is 0 Å². The van der Waals surface area contributed by atoms with Crippen LogP contribution in [0.3, 0.4) is 0 Å². The molecule has 0 atom stereocenters. The van der Waals surface area contributed by atoms with Crippen molar-refractivity contribution in [2.75, 3.05) is 5.32 Å². The maximum atomic E-state index is 12.3. The van der Waals surface area contributed by atoms with Gasteiger partial charge in [0.05, 0.1) is 20.6 Å². The molecule has 1 amide bonds. The average Bonchev–Trinajstić information content (AvgIpc) is 3.07. The quantitative estimate of drug-likeness (QED) is 0.565. The number of amides is 1. The second kappa shape index (κ2) is 7.41. The molecule has 2 aromatic carbocycles. The first-order valence-electron chi connectivity index (χ1n) is 7.25. The lowest BCUT2D eigenvalue weighted by atomic mass is 10.2. The van der Waals surface area contributed by atoms with Gasteiger partial charge in [-0.3, -0.25) is 4.79 Å². The lowest BCUT2D eigenvalue weighted by Crippen LogP contribution is -2.11. The van der Waals surface area contributed by atoms with Crippen LogP contribution >= 0.6 is 34.8 Å².